The molecule has 0 bridgehead atoms. The van der Waals surface area contributed by atoms with E-state index in [1.54, 1.807) is 0 Å². The Labute approximate surface area is 241 Å². The van der Waals surface area contributed by atoms with E-state index < -0.39 is 5.97 Å². The molecule has 218 valence electrons. The minimum absolute atomic E-state index is 0.248. The number of carbonyl (C=O) groups excluding carboxylic acids is 1. The molecular weight excluding hydrogens is 498 g/mol. The zero-order chi connectivity index (χ0) is 28.7. The third kappa shape index (κ3) is 10.2. The highest BCUT2D eigenvalue weighted by Crippen LogP contribution is 2.41. The van der Waals surface area contributed by atoms with Crippen LogP contribution < -0.4 is 5.32 Å². The van der Waals surface area contributed by atoms with E-state index in [1.165, 1.54) is 62.5 Å². The fourth-order valence-electron chi connectivity index (χ4n) is 6.24. The molecule has 2 N–H and O–H groups in total. The lowest BCUT2D eigenvalue weighted by atomic mass is 9.70. The van der Waals surface area contributed by atoms with Crippen molar-refractivity contribution in [2.45, 2.75) is 104 Å². The number of aliphatic carboxylic acids is 1. The van der Waals surface area contributed by atoms with Gasteiger partial charge in [-0.2, -0.15) is 0 Å². The number of carbonyl (C=O) groups is 2. The molecule has 1 saturated carbocycles. The predicted molar refractivity (Wildman–Crippen MR) is 163 cm³/mol. The van der Waals surface area contributed by atoms with Gasteiger partial charge in [-0.05, 0) is 73.8 Å². The predicted octanol–water partition coefficient (Wildman–Crippen LogP) is 7.63. The summed E-state index contributed by atoms with van der Waals surface area (Å²) in [5.41, 5.74) is 4.85. The fourth-order valence-corrected chi connectivity index (χ4v) is 6.24. The number of carboxylic acids is 1. The van der Waals surface area contributed by atoms with E-state index in [-0.39, 0.29) is 18.9 Å². The Bertz CT molecular complexity index is 1080. The van der Waals surface area contributed by atoms with Crippen molar-refractivity contribution >= 4 is 17.4 Å². The van der Waals surface area contributed by atoms with E-state index in [4.69, 9.17) is 5.11 Å². The van der Waals surface area contributed by atoms with E-state index in [2.05, 4.69) is 40.4 Å². The van der Waals surface area contributed by atoms with Crippen LogP contribution in [0.5, 0.6) is 0 Å². The van der Waals surface area contributed by atoms with Crippen molar-refractivity contribution in [2.75, 3.05) is 6.54 Å². The summed E-state index contributed by atoms with van der Waals surface area (Å²) in [4.78, 5) is 31.7. The molecule has 1 atom stereocenters. The van der Waals surface area contributed by atoms with Gasteiger partial charge >= 0.3 is 5.97 Å². The van der Waals surface area contributed by atoms with Crippen LogP contribution in [0.2, 0.25) is 0 Å². The highest BCUT2D eigenvalue weighted by atomic mass is 16.4. The van der Waals surface area contributed by atoms with Crippen molar-refractivity contribution in [1.82, 2.24) is 15.3 Å². The molecule has 0 radical (unpaired) electrons. The summed E-state index contributed by atoms with van der Waals surface area (Å²) in [5.74, 6) is 2.31. The first-order chi connectivity index (χ1) is 19.5. The first-order valence-electron chi connectivity index (χ1n) is 15.5. The van der Waals surface area contributed by atoms with Crippen LogP contribution in [0.1, 0.15) is 109 Å². The van der Waals surface area contributed by atoms with Gasteiger partial charge in [-0.15, -0.1) is 0 Å². The Morgan fingerprint density at radius 3 is 2.42 bits per heavy atom. The second-order valence-electron chi connectivity index (χ2n) is 11.2. The summed E-state index contributed by atoms with van der Waals surface area (Å²) in [7, 11) is 0. The van der Waals surface area contributed by atoms with Crippen molar-refractivity contribution in [3.8, 4) is 0 Å². The van der Waals surface area contributed by atoms with Crippen molar-refractivity contribution in [3.05, 3.63) is 65.3 Å². The van der Waals surface area contributed by atoms with E-state index >= 15 is 0 Å². The summed E-state index contributed by atoms with van der Waals surface area (Å²) >= 11 is 0. The minimum Gasteiger partial charge on any atom is -0.480 e. The van der Waals surface area contributed by atoms with E-state index in [0.29, 0.717) is 12.8 Å². The molecule has 1 unspecified atom stereocenters. The average Bonchev–Trinajstić information content (AvgIpc) is 3.22. The topological polar surface area (TPSA) is 92.2 Å². The molecule has 0 aliphatic heterocycles. The maximum atomic E-state index is 11.8. The van der Waals surface area contributed by atoms with Crippen molar-refractivity contribution in [3.63, 3.8) is 0 Å². The third-order valence-corrected chi connectivity index (χ3v) is 8.49. The zero-order valence-corrected chi connectivity index (χ0v) is 24.8. The number of hydrogen-bond donors (Lipinski definition) is 2. The van der Waals surface area contributed by atoms with Crippen LogP contribution in [-0.4, -0.2) is 33.5 Å². The molecule has 1 fully saturated rings. The van der Waals surface area contributed by atoms with Gasteiger partial charge in [-0.25, -0.2) is 9.97 Å². The van der Waals surface area contributed by atoms with Gasteiger partial charge in [0.2, 0.25) is 5.91 Å². The normalized spacial score (nSPS) is 22.6. The quantitative estimate of drug-likeness (QED) is 0.297. The van der Waals surface area contributed by atoms with E-state index in [0.717, 1.165) is 47.6 Å². The fraction of sp³-hybridized carbons (Fsp3) is 0.588. The maximum absolute atomic E-state index is 11.8. The average molecular weight is 548 g/mol. The lowest BCUT2D eigenvalue weighted by Gasteiger charge is -2.35. The second kappa shape index (κ2) is 16.9. The SMILES string of the molecule is CC.CCCC1CCC(C2CC=C(c3cnc(CC4=CC=C(CCC(=O)NCC(=O)O)C=CC4)nc3)CC2)CC1. The molecule has 3 aliphatic carbocycles. The van der Waals surface area contributed by atoms with Gasteiger partial charge in [0, 0.05) is 30.8 Å². The van der Waals surface area contributed by atoms with Gasteiger partial charge in [-0.3, -0.25) is 9.59 Å². The van der Waals surface area contributed by atoms with E-state index in [1.807, 2.05) is 38.4 Å². The molecule has 4 rings (SSSR count). The monoisotopic (exact) mass is 547 g/mol. The van der Waals surface area contributed by atoms with Crippen LogP contribution in [0.3, 0.4) is 0 Å². The van der Waals surface area contributed by atoms with Crippen LogP contribution in [0.25, 0.3) is 5.57 Å². The number of aromatic nitrogens is 2. The molecule has 0 saturated heterocycles. The molecule has 1 heterocycles. The van der Waals surface area contributed by atoms with Gasteiger partial charge in [0.15, 0.2) is 0 Å². The molecule has 6 nitrogen and oxygen atoms in total. The molecule has 1 amide bonds. The van der Waals surface area contributed by atoms with Crippen molar-refractivity contribution in [1.29, 1.82) is 0 Å². The van der Waals surface area contributed by atoms with Gasteiger partial charge in [0.25, 0.3) is 0 Å². The summed E-state index contributed by atoms with van der Waals surface area (Å²) in [6, 6.07) is 0. The number of rotatable bonds is 11. The van der Waals surface area contributed by atoms with Crippen LogP contribution in [0, 0.1) is 17.8 Å². The number of nitrogens with one attached hydrogen (secondary N) is 1. The lowest BCUT2D eigenvalue weighted by Crippen LogP contribution is -2.28. The molecule has 0 aromatic carbocycles. The first-order valence-corrected chi connectivity index (χ1v) is 15.5. The smallest absolute Gasteiger partial charge is 0.322 e. The third-order valence-electron chi connectivity index (χ3n) is 8.49. The van der Waals surface area contributed by atoms with Gasteiger partial charge < -0.3 is 10.4 Å². The minimum atomic E-state index is -1.03. The number of carboxylic acid groups (broad SMARTS) is 1. The van der Waals surface area contributed by atoms with Crippen LogP contribution in [0.15, 0.2) is 53.9 Å². The molecule has 0 spiro atoms. The Morgan fingerprint density at radius 2 is 1.77 bits per heavy atom. The van der Waals surface area contributed by atoms with Crippen molar-refractivity contribution in [2.24, 2.45) is 17.8 Å². The number of amides is 1. The second-order valence-corrected chi connectivity index (χ2v) is 11.2. The summed E-state index contributed by atoms with van der Waals surface area (Å²) < 4.78 is 0. The Hall–Kier alpha value is -3.02. The van der Waals surface area contributed by atoms with Gasteiger partial charge in [0.05, 0.1) is 0 Å². The number of nitrogens with zero attached hydrogens (tertiary/aromatic N) is 2. The zero-order valence-electron chi connectivity index (χ0n) is 24.8. The number of allylic oxidation sites excluding steroid dienone is 8. The number of hydrogen-bond acceptors (Lipinski definition) is 4. The molecule has 6 heteroatoms. The first kappa shape index (κ1) is 31.5. The maximum Gasteiger partial charge on any atom is 0.322 e. The molecular formula is C34H49N3O3. The molecule has 3 aliphatic rings. The van der Waals surface area contributed by atoms with E-state index in [9.17, 15) is 9.59 Å². The highest BCUT2D eigenvalue weighted by Gasteiger charge is 2.28. The Kier molecular flexibility index (Phi) is 13.3. The van der Waals surface area contributed by atoms with Gasteiger partial charge in [0.1, 0.15) is 12.4 Å². The largest absolute Gasteiger partial charge is 0.480 e. The van der Waals surface area contributed by atoms with Crippen LogP contribution >= 0.6 is 0 Å². The lowest BCUT2D eigenvalue weighted by molar-refractivity contribution is -0.137. The van der Waals surface area contributed by atoms with Crippen LogP contribution in [-0.2, 0) is 16.0 Å². The van der Waals surface area contributed by atoms with Gasteiger partial charge in [-0.1, -0.05) is 82.4 Å². The molecule has 1 aromatic heterocycles. The van der Waals surface area contributed by atoms with Crippen LogP contribution in [0.4, 0.5) is 0 Å². The Morgan fingerprint density at radius 1 is 1.02 bits per heavy atom. The van der Waals surface area contributed by atoms with Crippen molar-refractivity contribution < 1.29 is 14.7 Å². The highest BCUT2D eigenvalue weighted by molar-refractivity contribution is 5.81. The summed E-state index contributed by atoms with van der Waals surface area (Å²) in [5, 5.41) is 11.1. The summed E-state index contributed by atoms with van der Waals surface area (Å²) in [6.45, 7) is 5.98. The standard InChI is InChI=1S/C32H43N3O3.C2H6/c1-2-4-23-9-12-26(13-10-23)27-14-16-28(17-15-27)29-20-33-30(34-21-29)19-25-6-3-5-24(7-8-25)11-18-31(36)35-22-32(37)38;1-2/h3,5,7-8,16,20-21,23,26-27H,2,4,6,9-15,17-19,22H2,1H3,(H,35,36)(H,37,38);1-2H3. The Balaban J connectivity index is 0.00000216. The molecule has 1 aromatic rings. The summed E-state index contributed by atoms with van der Waals surface area (Å²) in [6.07, 6.45) is 29.2. The molecule has 40 heavy (non-hydrogen) atoms.